The van der Waals surface area contributed by atoms with E-state index in [0.29, 0.717) is 31.6 Å². The molecule has 0 saturated carbocycles. The van der Waals surface area contributed by atoms with Gasteiger partial charge in [0.25, 0.3) is 0 Å². The zero-order valence-electron chi connectivity index (χ0n) is 13.4. The van der Waals surface area contributed by atoms with E-state index >= 15 is 0 Å². The van der Waals surface area contributed by atoms with Crippen molar-refractivity contribution in [3.63, 3.8) is 0 Å². The van der Waals surface area contributed by atoms with Crippen LogP contribution in [0.15, 0.2) is 12.3 Å². The second-order valence-electron chi connectivity index (χ2n) is 5.77. The predicted octanol–water partition coefficient (Wildman–Crippen LogP) is 0.346. The number of amides is 1. The lowest BCUT2D eigenvalue weighted by Gasteiger charge is -2.27. The molecule has 0 saturated heterocycles. The standard InChI is InChI=1S/C15H20N6O3/c1-2-13(22)16-7-11-5-12-9-20(3-4-21(12)19-11)8-10-6-17-18-14(10)15(23)24/h5-6H,2-4,7-9H2,1H3,(H,16,22)(H,17,18)(H,23,24). The lowest BCUT2D eigenvalue weighted by Crippen LogP contribution is -2.33. The van der Waals surface area contributed by atoms with Crippen LogP contribution in [0.25, 0.3) is 0 Å². The van der Waals surface area contributed by atoms with Gasteiger partial charge < -0.3 is 10.4 Å². The number of carbonyl (C=O) groups is 2. The first-order valence-electron chi connectivity index (χ1n) is 7.87. The van der Waals surface area contributed by atoms with Crippen LogP contribution < -0.4 is 5.32 Å². The molecule has 2 aromatic heterocycles. The summed E-state index contributed by atoms with van der Waals surface area (Å²) in [7, 11) is 0. The number of carboxylic acids is 1. The summed E-state index contributed by atoms with van der Waals surface area (Å²) in [5.74, 6) is -0.998. The first kappa shape index (κ1) is 16.2. The molecule has 1 aliphatic rings. The Bertz CT molecular complexity index is 750. The molecule has 0 radical (unpaired) electrons. The molecule has 0 aromatic carbocycles. The molecule has 0 fully saturated rings. The second-order valence-corrected chi connectivity index (χ2v) is 5.77. The lowest BCUT2D eigenvalue weighted by atomic mass is 10.2. The Hall–Kier alpha value is -2.68. The fourth-order valence-corrected chi connectivity index (χ4v) is 2.77. The van der Waals surface area contributed by atoms with Crippen LogP contribution in [0, 0.1) is 0 Å². The monoisotopic (exact) mass is 332 g/mol. The summed E-state index contributed by atoms with van der Waals surface area (Å²) >= 11 is 0. The topological polar surface area (TPSA) is 116 Å². The van der Waals surface area contributed by atoms with Gasteiger partial charge in [-0.3, -0.25) is 19.5 Å². The number of fused-ring (bicyclic) bond motifs is 1. The molecule has 0 atom stereocenters. The lowest BCUT2D eigenvalue weighted by molar-refractivity contribution is -0.120. The number of carbonyl (C=O) groups excluding carboxylic acids is 1. The fraction of sp³-hybridized carbons (Fsp3) is 0.467. The summed E-state index contributed by atoms with van der Waals surface area (Å²) in [4.78, 5) is 24.6. The highest BCUT2D eigenvalue weighted by atomic mass is 16.4. The summed E-state index contributed by atoms with van der Waals surface area (Å²) in [6.07, 6.45) is 2.01. The molecule has 9 heteroatoms. The highest BCUT2D eigenvalue weighted by Gasteiger charge is 2.21. The molecular weight excluding hydrogens is 312 g/mol. The zero-order chi connectivity index (χ0) is 17.1. The molecule has 3 rings (SSSR count). The van der Waals surface area contributed by atoms with Gasteiger partial charge in [-0.2, -0.15) is 10.2 Å². The van der Waals surface area contributed by atoms with Gasteiger partial charge in [0.05, 0.1) is 30.7 Å². The van der Waals surface area contributed by atoms with E-state index in [1.54, 1.807) is 6.20 Å². The van der Waals surface area contributed by atoms with Crippen molar-refractivity contribution in [1.82, 2.24) is 30.2 Å². The van der Waals surface area contributed by atoms with Crippen molar-refractivity contribution in [2.45, 2.75) is 39.5 Å². The molecule has 0 aliphatic carbocycles. The van der Waals surface area contributed by atoms with Crippen LogP contribution in [0.4, 0.5) is 0 Å². The SMILES string of the molecule is CCC(=O)NCc1cc2n(n1)CCN(Cc1cn[nH]c1C(=O)O)C2. The number of nitrogens with zero attached hydrogens (tertiary/aromatic N) is 4. The molecule has 128 valence electrons. The summed E-state index contributed by atoms with van der Waals surface area (Å²) in [5.41, 5.74) is 2.70. The van der Waals surface area contributed by atoms with Gasteiger partial charge in [0, 0.05) is 31.6 Å². The van der Waals surface area contributed by atoms with E-state index in [-0.39, 0.29) is 11.6 Å². The van der Waals surface area contributed by atoms with Crippen LogP contribution in [0.5, 0.6) is 0 Å². The molecule has 9 nitrogen and oxygen atoms in total. The summed E-state index contributed by atoms with van der Waals surface area (Å²) < 4.78 is 1.94. The summed E-state index contributed by atoms with van der Waals surface area (Å²) in [6.45, 7) is 4.95. The van der Waals surface area contributed by atoms with Crippen LogP contribution in [-0.2, 0) is 31.0 Å². The first-order chi connectivity index (χ1) is 11.6. The number of nitrogens with one attached hydrogen (secondary N) is 2. The minimum absolute atomic E-state index is 0.00348. The number of rotatable bonds is 6. The smallest absolute Gasteiger partial charge is 0.354 e. The third-order valence-electron chi connectivity index (χ3n) is 4.04. The first-order valence-corrected chi connectivity index (χ1v) is 7.87. The van der Waals surface area contributed by atoms with Gasteiger partial charge in [0.2, 0.25) is 5.91 Å². The number of carboxylic acid groups (broad SMARTS) is 1. The average molecular weight is 332 g/mol. The van der Waals surface area contributed by atoms with Gasteiger partial charge in [0.15, 0.2) is 0 Å². The Morgan fingerprint density at radius 1 is 1.42 bits per heavy atom. The van der Waals surface area contributed by atoms with Crippen LogP contribution in [0.2, 0.25) is 0 Å². The maximum Gasteiger partial charge on any atom is 0.354 e. The van der Waals surface area contributed by atoms with Crippen molar-refractivity contribution in [3.05, 3.63) is 34.9 Å². The molecule has 2 aromatic rings. The number of aromatic amines is 1. The van der Waals surface area contributed by atoms with E-state index in [0.717, 1.165) is 24.5 Å². The van der Waals surface area contributed by atoms with Crippen LogP contribution in [0.1, 0.15) is 40.8 Å². The van der Waals surface area contributed by atoms with Gasteiger partial charge in [-0.1, -0.05) is 6.92 Å². The van der Waals surface area contributed by atoms with E-state index in [9.17, 15) is 9.59 Å². The van der Waals surface area contributed by atoms with Gasteiger partial charge in [-0.05, 0) is 6.07 Å². The molecule has 0 unspecified atom stereocenters. The molecule has 0 spiro atoms. The fourth-order valence-electron chi connectivity index (χ4n) is 2.77. The minimum Gasteiger partial charge on any atom is -0.477 e. The summed E-state index contributed by atoms with van der Waals surface area (Å²) in [5, 5.41) is 22.8. The van der Waals surface area contributed by atoms with Gasteiger partial charge in [-0.25, -0.2) is 4.79 Å². The van der Waals surface area contributed by atoms with Crippen molar-refractivity contribution < 1.29 is 14.7 Å². The van der Waals surface area contributed by atoms with Crippen LogP contribution >= 0.6 is 0 Å². The maximum atomic E-state index is 11.3. The normalized spacial score (nSPS) is 14.4. The van der Waals surface area contributed by atoms with Crippen LogP contribution in [-0.4, -0.2) is 48.4 Å². The van der Waals surface area contributed by atoms with Gasteiger partial charge >= 0.3 is 5.97 Å². The van der Waals surface area contributed by atoms with E-state index in [2.05, 4.69) is 25.5 Å². The second kappa shape index (κ2) is 6.83. The van der Waals surface area contributed by atoms with Crippen LogP contribution in [0.3, 0.4) is 0 Å². The van der Waals surface area contributed by atoms with Crippen molar-refractivity contribution in [3.8, 4) is 0 Å². The van der Waals surface area contributed by atoms with E-state index in [1.807, 2.05) is 17.7 Å². The zero-order valence-corrected chi connectivity index (χ0v) is 13.4. The molecule has 3 N–H and O–H groups in total. The Labute approximate surface area is 138 Å². The summed E-state index contributed by atoms with van der Waals surface area (Å²) in [6, 6.07) is 1.98. The number of H-pyrrole nitrogens is 1. The Balaban J connectivity index is 1.64. The number of hydrogen-bond acceptors (Lipinski definition) is 5. The highest BCUT2D eigenvalue weighted by molar-refractivity contribution is 5.86. The number of hydrogen-bond donors (Lipinski definition) is 3. The largest absolute Gasteiger partial charge is 0.477 e. The molecular formula is C15H20N6O3. The van der Waals surface area contributed by atoms with Crippen molar-refractivity contribution in [2.75, 3.05) is 6.54 Å². The quantitative estimate of drug-likeness (QED) is 0.703. The molecule has 3 heterocycles. The minimum atomic E-state index is -1.00. The van der Waals surface area contributed by atoms with Crippen molar-refractivity contribution >= 4 is 11.9 Å². The highest BCUT2D eigenvalue weighted by Crippen LogP contribution is 2.17. The third-order valence-corrected chi connectivity index (χ3v) is 4.04. The molecule has 1 aliphatic heterocycles. The Morgan fingerprint density at radius 2 is 2.25 bits per heavy atom. The molecule has 1 amide bonds. The van der Waals surface area contributed by atoms with E-state index in [1.165, 1.54) is 0 Å². The molecule has 0 bridgehead atoms. The van der Waals surface area contributed by atoms with Crippen molar-refractivity contribution in [1.29, 1.82) is 0 Å². The maximum absolute atomic E-state index is 11.3. The Morgan fingerprint density at radius 3 is 3.00 bits per heavy atom. The van der Waals surface area contributed by atoms with Crippen molar-refractivity contribution in [2.24, 2.45) is 0 Å². The van der Waals surface area contributed by atoms with Gasteiger partial charge in [0.1, 0.15) is 5.69 Å². The predicted molar refractivity (Wildman–Crippen MR) is 84.0 cm³/mol. The number of aromatic carboxylic acids is 1. The Kier molecular flexibility index (Phi) is 4.61. The van der Waals surface area contributed by atoms with E-state index < -0.39 is 5.97 Å². The number of aromatic nitrogens is 4. The third kappa shape index (κ3) is 3.46. The average Bonchev–Trinajstić information content (AvgIpc) is 3.18. The van der Waals surface area contributed by atoms with E-state index in [4.69, 9.17) is 5.11 Å². The molecule has 24 heavy (non-hydrogen) atoms. The van der Waals surface area contributed by atoms with Gasteiger partial charge in [-0.15, -0.1) is 0 Å².